The summed E-state index contributed by atoms with van der Waals surface area (Å²) in [7, 11) is -3.77. The number of benzene rings is 3. The van der Waals surface area contributed by atoms with Crippen molar-refractivity contribution >= 4 is 10.1 Å². The van der Waals surface area contributed by atoms with Crippen LogP contribution in [0, 0.1) is 12.8 Å². The van der Waals surface area contributed by atoms with Gasteiger partial charge in [-0.05, 0) is 30.2 Å². The van der Waals surface area contributed by atoms with E-state index in [1.165, 1.54) is 11.1 Å². The minimum atomic E-state index is -3.77. The van der Waals surface area contributed by atoms with Gasteiger partial charge < -0.3 is 0 Å². The highest BCUT2D eigenvalue weighted by atomic mass is 32.2. The van der Waals surface area contributed by atoms with Crippen LogP contribution in [-0.2, 0) is 20.8 Å². The minimum absolute atomic E-state index is 0.108. The lowest BCUT2D eigenvalue weighted by molar-refractivity contribution is 0.237. The Balaban J connectivity index is 1.49. The number of likely N-dealkylation sites (tertiary alicyclic amines) is 1. The van der Waals surface area contributed by atoms with Crippen LogP contribution in [0.4, 0.5) is 0 Å². The van der Waals surface area contributed by atoms with Gasteiger partial charge in [-0.2, -0.15) is 8.42 Å². The normalized spacial score (nSPS) is 19.8. The molecule has 3 aromatic rings. The fraction of sp³-hybridized carbons (Fsp3) is 0.280. The van der Waals surface area contributed by atoms with Crippen molar-refractivity contribution in [2.24, 2.45) is 5.92 Å². The lowest BCUT2D eigenvalue weighted by Crippen LogP contribution is -2.22. The monoisotopic (exact) mass is 421 g/mol. The van der Waals surface area contributed by atoms with Crippen molar-refractivity contribution in [3.63, 3.8) is 0 Å². The molecule has 0 amide bonds. The fourth-order valence-electron chi connectivity index (χ4n) is 4.13. The van der Waals surface area contributed by atoms with Gasteiger partial charge in [-0.3, -0.25) is 9.08 Å². The number of rotatable bonds is 7. The van der Waals surface area contributed by atoms with Gasteiger partial charge in [0.1, 0.15) is 0 Å². The predicted molar refractivity (Wildman–Crippen MR) is 119 cm³/mol. The summed E-state index contributed by atoms with van der Waals surface area (Å²) in [5, 5.41) is 0. The molecule has 5 heteroatoms. The molecule has 0 spiro atoms. The molecule has 1 fully saturated rings. The van der Waals surface area contributed by atoms with E-state index in [1.54, 1.807) is 24.3 Å². The third-order valence-corrected chi connectivity index (χ3v) is 7.04. The maximum atomic E-state index is 12.7. The number of hydrogen-bond donors (Lipinski definition) is 0. The van der Waals surface area contributed by atoms with Crippen LogP contribution in [-0.4, -0.2) is 33.0 Å². The van der Waals surface area contributed by atoms with Crippen LogP contribution < -0.4 is 0 Å². The topological polar surface area (TPSA) is 46.6 Å². The molecular weight excluding hydrogens is 394 g/mol. The first-order valence-corrected chi connectivity index (χ1v) is 11.7. The second-order valence-corrected chi connectivity index (χ2v) is 9.62. The zero-order valence-electron chi connectivity index (χ0n) is 17.1. The average Bonchev–Trinajstić information content (AvgIpc) is 3.17. The summed E-state index contributed by atoms with van der Waals surface area (Å²) in [6.45, 7) is 4.66. The molecule has 3 aromatic carbocycles. The maximum absolute atomic E-state index is 12.7. The van der Waals surface area contributed by atoms with Gasteiger partial charge in [0, 0.05) is 31.5 Å². The number of aryl methyl sites for hydroxylation is 1. The summed E-state index contributed by atoms with van der Waals surface area (Å²) in [4.78, 5) is 2.60. The Labute approximate surface area is 179 Å². The van der Waals surface area contributed by atoms with E-state index in [4.69, 9.17) is 4.18 Å². The molecule has 1 saturated heterocycles. The van der Waals surface area contributed by atoms with Crippen molar-refractivity contribution in [1.82, 2.24) is 4.90 Å². The highest BCUT2D eigenvalue weighted by molar-refractivity contribution is 7.86. The third-order valence-electron chi connectivity index (χ3n) is 5.74. The summed E-state index contributed by atoms with van der Waals surface area (Å²) in [5.74, 6) is 0.347. The molecule has 4 rings (SSSR count). The zero-order valence-corrected chi connectivity index (χ0v) is 18.0. The van der Waals surface area contributed by atoms with Gasteiger partial charge in [0.2, 0.25) is 0 Å². The molecule has 0 unspecified atom stereocenters. The van der Waals surface area contributed by atoms with Crippen molar-refractivity contribution < 1.29 is 12.6 Å². The summed E-state index contributed by atoms with van der Waals surface area (Å²) in [6, 6.07) is 27.5. The van der Waals surface area contributed by atoms with Gasteiger partial charge in [-0.15, -0.1) is 0 Å². The first-order valence-electron chi connectivity index (χ1n) is 10.3. The van der Waals surface area contributed by atoms with Crippen molar-refractivity contribution in [3.05, 3.63) is 102 Å². The van der Waals surface area contributed by atoms with Crippen molar-refractivity contribution in [3.8, 4) is 0 Å². The first-order chi connectivity index (χ1) is 14.5. The SMILES string of the molecule is Cc1ccc(S(=O)(=O)OC[C@@H]2CN(Cc3ccccc3)C[C@H]2c2ccccc2)cc1. The highest BCUT2D eigenvalue weighted by Gasteiger charge is 2.35. The molecule has 30 heavy (non-hydrogen) atoms. The molecule has 0 bridgehead atoms. The highest BCUT2D eigenvalue weighted by Crippen LogP contribution is 2.34. The summed E-state index contributed by atoms with van der Waals surface area (Å²) < 4.78 is 30.9. The molecule has 0 saturated carbocycles. The van der Waals surface area contributed by atoms with Crippen molar-refractivity contribution in [2.45, 2.75) is 24.3 Å². The van der Waals surface area contributed by atoms with E-state index >= 15 is 0 Å². The summed E-state index contributed by atoms with van der Waals surface area (Å²) >= 11 is 0. The van der Waals surface area contributed by atoms with E-state index < -0.39 is 10.1 Å². The van der Waals surface area contributed by atoms with Crippen molar-refractivity contribution in [1.29, 1.82) is 0 Å². The smallest absolute Gasteiger partial charge is 0.296 e. The standard InChI is InChI=1S/C25H27NO3S/c1-20-12-14-24(15-13-20)30(27,28)29-19-23-17-26(16-21-8-4-2-5-9-21)18-25(23)22-10-6-3-7-11-22/h2-15,23,25H,16-19H2,1H3/t23-,25-/m0/s1. The van der Waals surface area contributed by atoms with E-state index in [0.29, 0.717) is 0 Å². The van der Waals surface area contributed by atoms with Gasteiger partial charge in [0.25, 0.3) is 10.1 Å². The summed E-state index contributed by atoms with van der Waals surface area (Å²) in [6.07, 6.45) is 0. The van der Waals surface area contributed by atoms with Crippen LogP contribution in [0.3, 0.4) is 0 Å². The van der Waals surface area contributed by atoms with Crippen molar-refractivity contribution in [2.75, 3.05) is 19.7 Å². The van der Waals surface area contributed by atoms with E-state index in [1.807, 2.05) is 31.2 Å². The molecule has 1 aliphatic heterocycles. The Bertz CT molecular complexity index is 1050. The van der Waals surface area contributed by atoms with Crippen LogP contribution in [0.5, 0.6) is 0 Å². The Kier molecular flexibility index (Phi) is 6.32. The first kappa shape index (κ1) is 20.8. The largest absolute Gasteiger partial charge is 0.298 e. The average molecular weight is 422 g/mol. The predicted octanol–water partition coefficient (Wildman–Crippen LogP) is 4.62. The van der Waals surface area contributed by atoms with Gasteiger partial charge in [-0.1, -0.05) is 78.4 Å². The van der Waals surface area contributed by atoms with Gasteiger partial charge >= 0.3 is 0 Å². The molecule has 4 nitrogen and oxygen atoms in total. The van der Waals surface area contributed by atoms with E-state index in [9.17, 15) is 8.42 Å². The molecule has 0 N–H and O–H groups in total. The van der Waals surface area contributed by atoms with Crippen LogP contribution in [0.25, 0.3) is 0 Å². The quantitative estimate of drug-likeness (QED) is 0.523. The molecule has 2 atom stereocenters. The Morgan fingerprint density at radius 1 is 0.867 bits per heavy atom. The Hall–Kier alpha value is -2.47. The van der Waals surface area contributed by atoms with Gasteiger partial charge in [0.05, 0.1) is 11.5 Å². The fourth-order valence-corrected chi connectivity index (χ4v) is 5.09. The Morgan fingerprint density at radius 2 is 1.50 bits per heavy atom. The molecule has 0 aliphatic carbocycles. The summed E-state index contributed by atoms with van der Waals surface area (Å²) in [5.41, 5.74) is 3.51. The second kappa shape index (κ2) is 9.13. The maximum Gasteiger partial charge on any atom is 0.296 e. The van der Waals surface area contributed by atoms with Crippen LogP contribution in [0.2, 0.25) is 0 Å². The van der Waals surface area contributed by atoms with Crippen LogP contribution in [0.15, 0.2) is 89.8 Å². The van der Waals surface area contributed by atoms with E-state index in [2.05, 4.69) is 41.3 Å². The number of nitrogens with zero attached hydrogens (tertiary/aromatic N) is 1. The zero-order chi connectivity index (χ0) is 21.0. The van der Waals surface area contributed by atoms with Crippen LogP contribution in [0.1, 0.15) is 22.6 Å². The molecule has 0 radical (unpaired) electrons. The lowest BCUT2D eigenvalue weighted by Gasteiger charge is -2.18. The third kappa shape index (κ3) is 4.98. The second-order valence-electron chi connectivity index (χ2n) is 8.01. The number of hydrogen-bond acceptors (Lipinski definition) is 4. The lowest BCUT2D eigenvalue weighted by atomic mass is 9.90. The molecular formula is C25H27NO3S. The molecule has 1 heterocycles. The molecule has 156 valence electrons. The van der Waals surface area contributed by atoms with E-state index in [0.717, 1.165) is 25.2 Å². The van der Waals surface area contributed by atoms with Gasteiger partial charge in [-0.25, -0.2) is 0 Å². The van der Waals surface area contributed by atoms with Crippen LogP contribution >= 0.6 is 0 Å². The minimum Gasteiger partial charge on any atom is -0.298 e. The Morgan fingerprint density at radius 3 is 2.17 bits per heavy atom. The van der Waals surface area contributed by atoms with Gasteiger partial charge in [0.15, 0.2) is 0 Å². The molecule has 1 aliphatic rings. The molecule has 0 aromatic heterocycles. The van der Waals surface area contributed by atoms with E-state index in [-0.39, 0.29) is 23.3 Å².